The molecule has 6 heteroatoms. The van der Waals surface area contributed by atoms with Crippen LogP contribution >= 0.6 is 0 Å². The molecule has 0 bridgehead atoms. The number of hydrogen-bond donors (Lipinski definition) is 2. The maximum absolute atomic E-state index is 11.5. The van der Waals surface area contributed by atoms with E-state index in [4.69, 9.17) is 5.84 Å². The molecule has 0 aliphatic rings. The van der Waals surface area contributed by atoms with Crippen molar-refractivity contribution in [3.05, 3.63) is 11.6 Å². The lowest BCUT2D eigenvalue weighted by Crippen LogP contribution is -2.37. The fourth-order valence-corrected chi connectivity index (χ4v) is 1.57. The first-order chi connectivity index (χ1) is 7.10. The molecule has 15 heavy (non-hydrogen) atoms. The number of nitrogens with zero attached hydrogens (tertiary/aromatic N) is 3. The van der Waals surface area contributed by atoms with Gasteiger partial charge in [0.2, 0.25) is 0 Å². The Morgan fingerprint density at radius 3 is 2.67 bits per heavy atom. The molecular weight excluding hydrogens is 194 g/mol. The van der Waals surface area contributed by atoms with E-state index in [1.54, 1.807) is 11.6 Å². The van der Waals surface area contributed by atoms with Gasteiger partial charge in [-0.1, -0.05) is 13.3 Å². The number of amides is 1. The molecule has 0 aromatic carbocycles. The number of carbonyl (C=O) groups is 1. The first kappa shape index (κ1) is 11.6. The first-order valence-electron chi connectivity index (χ1n) is 5.00. The zero-order chi connectivity index (χ0) is 11.4. The monoisotopic (exact) mass is 211 g/mol. The van der Waals surface area contributed by atoms with Crippen LogP contribution in [0, 0.1) is 13.8 Å². The van der Waals surface area contributed by atoms with E-state index in [1.807, 2.05) is 13.8 Å². The Kier molecular flexibility index (Phi) is 3.79. The van der Waals surface area contributed by atoms with Crippen LogP contribution in [0.2, 0.25) is 0 Å². The minimum Gasteiger partial charge on any atom is -0.292 e. The maximum atomic E-state index is 11.5. The molecule has 84 valence electrons. The molecule has 1 rings (SSSR count). The highest BCUT2D eigenvalue weighted by molar-refractivity contribution is 5.79. The van der Waals surface area contributed by atoms with E-state index >= 15 is 0 Å². The summed E-state index contributed by atoms with van der Waals surface area (Å²) < 4.78 is 1.63. The van der Waals surface area contributed by atoms with Crippen molar-refractivity contribution in [2.24, 2.45) is 5.84 Å². The van der Waals surface area contributed by atoms with Gasteiger partial charge in [0.05, 0.1) is 0 Å². The van der Waals surface area contributed by atoms with Crippen molar-refractivity contribution >= 4 is 5.91 Å². The molecule has 3 N–H and O–H groups in total. The highest BCUT2D eigenvalue weighted by Crippen LogP contribution is 2.14. The minimum atomic E-state index is -0.360. The minimum absolute atomic E-state index is 0.232. The van der Waals surface area contributed by atoms with Crippen LogP contribution in [0.25, 0.3) is 0 Å². The summed E-state index contributed by atoms with van der Waals surface area (Å²) in [6.07, 6.45) is 1.59. The van der Waals surface area contributed by atoms with E-state index in [2.05, 4.69) is 15.5 Å². The Labute approximate surface area is 88.8 Å². The summed E-state index contributed by atoms with van der Waals surface area (Å²) in [5.74, 6) is 6.30. The van der Waals surface area contributed by atoms with Gasteiger partial charge in [-0.05, 0) is 20.3 Å². The number of rotatable bonds is 4. The second kappa shape index (κ2) is 4.88. The summed E-state index contributed by atoms with van der Waals surface area (Å²) in [6, 6.07) is -0.360. The van der Waals surface area contributed by atoms with Crippen LogP contribution in [0.1, 0.15) is 37.5 Å². The molecule has 1 aromatic heterocycles. The standard InChI is InChI=1S/C9H17N5O/c1-4-5-8(9(15)12-10)14-7(3)11-6(2)13-14/h8H,4-5,10H2,1-3H3,(H,12,15). The van der Waals surface area contributed by atoms with E-state index in [1.165, 1.54) is 0 Å². The molecule has 6 nitrogen and oxygen atoms in total. The van der Waals surface area contributed by atoms with Crippen molar-refractivity contribution in [1.82, 2.24) is 20.2 Å². The van der Waals surface area contributed by atoms with Gasteiger partial charge in [0.1, 0.15) is 17.7 Å². The summed E-state index contributed by atoms with van der Waals surface area (Å²) in [7, 11) is 0. The van der Waals surface area contributed by atoms with Crippen LogP contribution < -0.4 is 11.3 Å². The van der Waals surface area contributed by atoms with Gasteiger partial charge in [-0.3, -0.25) is 10.2 Å². The smallest absolute Gasteiger partial charge is 0.258 e. The van der Waals surface area contributed by atoms with Crippen LogP contribution in [0.3, 0.4) is 0 Å². The van der Waals surface area contributed by atoms with Crippen LogP contribution in [0.15, 0.2) is 0 Å². The molecule has 0 fully saturated rings. The van der Waals surface area contributed by atoms with E-state index in [0.29, 0.717) is 12.2 Å². The van der Waals surface area contributed by atoms with Gasteiger partial charge in [0, 0.05) is 0 Å². The molecule has 0 saturated heterocycles. The number of nitrogens with one attached hydrogen (secondary N) is 1. The molecular formula is C9H17N5O. The third kappa shape index (κ3) is 2.53. The molecule has 0 aliphatic carbocycles. The predicted octanol–water partition coefficient (Wildman–Crippen LogP) is 0.226. The first-order valence-corrected chi connectivity index (χ1v) is 5.00. The summed E-state index contributed by atoms with van der Waals surface area (Å²) in [5.41, 5.74) is 2.16. The maximum Gasteiger partial charge on any atom is 0.258 e. The average Bonchev–Trinajstić information content (AvgIpc) is 2.53. The number of hydrogen-bond acceptors (Lipinski definition) is 4. The Morgan fingerprint density at radius 1 is 1.60 bits per heavy atom. The lowest BCUT2D eigenvalue weighted by Gasteiger charge is -2.15. The highest BCUT2D eigenvalue weighted by atomic mass is 16.2. The van der Waals surface area contributed by atoms with Gasteiger partial charge in [0.15, 0.2) is 0 Å². The van der Waals surface area contributed by atoms with E-state index in [-0.39, 0.29) is 11.9 Å². The lowest BCUT2D eigenvalue weighted by molar-refractivity contribution is -0.125. The Bertz CT molecular complexity index is 346. The highest BCUT2D eigenvalue weighted by Gasteiger charge is 2.21. The van der Waals surface area contributed by atoms with Crippen molar-refractivity contribution in [2.45, 2.75) is 39.7 Å². The van der Waals surface area contributed by atoms with Gasteiger partial charge in [-0.25, -0.2) is 15.5 Å². The molecule has 0 aliphatic heterocycles. The third-order valence-electron chi connectivity index (χ3n) is 2.21. The van der Waals surface area contributed by atoms with Crippen molar-refractivity contribution < 1.29 is 4.79 Å². The molecule has 1 amide bonds. The topological polar surface area (TPSA) is 85.8 Å². The second-order valence-electron chi connectivity index (χ2n) is 3.46. The molecule has 1 heterocycles. The number of nitrogens with two attached hydrogens (primary N) is 1. The quantitative estimate of drug-likeness (QED) is 0.424. The van der Waals surface area contributed by atoms with E-state index in [9.17, 15) is 4.79 Å². The number of hydrazine groups is 1. The van der Waals surface area contributed by atoms with E-state index in [0.717, 1.165) is 12.2 Å². The number of aromatic nitrogens is 3. The van der Waals surface area contributed by atoms with Gasteiger partial charge in [-0.15, -0.1) is 0 Å². The van der Waals surface area contributed by atoms with Crippen molar-refractivity contribution in [3.8, 4) is 0 Å². The predicted molar refractivity (Wildman–Crippen MR) is 55.8 cm³/mol. The molecule has 1 aromatic rings. The van der Waals surface area contributed by atoms with Crippen molar-refractivity contribution in [1.29, 1.82) is 0 Å². The van der Waals surface area contributed by atoms with Crippen molar-refractivity contribution in [2.75, 3.05) is 0 Å². The van der Waals surface area contributed by atoms with E-state index < -0.39 is 0 Å². The summed E-state index contributed by atoms with van der Waals surface area (Å²) in [6.45, 7) is 5.63. The van der Waals surface area contributed by atoms with Crippen molar-refractivity contribution in [3.63, 3.8) is 0 Å². The SMILES string of the molecule is CCCC(C(=O)NN)n1nc(C)nc1C. The van der Waals surface area contributed by atoms with Crippen LogP contribution in [0.5, 0.6) is 0 Å². The zero-order valence-corrected chi connectivity index (χ0v) is 9.32. The number of aryl methyl sites for hydroxylation is 2. The van der Waals surface area contributed by atoms with Crippen LogP contribution in [-0.2, 0) is 4.79 Å². The Hall–Kier alpha value is -1.43. The fraction of sp³-hybridized carbons (Fsp3) is 0.667. The van der Waals surface area contributed by atoms with Gasteiger partial charge < -0.3 is 0 Å². The number of carbonyl (C=O) groups excluding carboxylic acids is 1. The largest absolute Gasteiger partial charge is 0.292 e. The Balaban J connectivity index is 2.98. The summed E-state index contributed by atoms with van der Waals surface area (Å²) in [4.78, 5) is 15.7. The Morgan fingerprint density at radius 2 is 2.27 bits per heavy atom. The molecule has 0 saturated carbocycles. The molecule has 1 unspecified atom stereocenters. The lowest BCUT2D eigenvalue weighted by atomic mass is 10.1. The second-order valence-corrected chi connectivity index (χ2v) is 3.46. The summed E-state index contributed by atoms with van der Waals surface area (Å²) in [5, 5.41) is 4.19. The van der Waals surface area contributed by atoms with Crippen LogP contribution in [0.4, 0.5) is 0 Å². The average molecular weight is 211 g/mol. The molecule has 0 radical (unpaired) electrons. The zero-order valence-electron chi connectivity index (χ0n) is 9.32. The van der Waals surface area contributed by atoms with Gasteiger partial charge >= 0.3 is 0 Å². The van der Waals surface area contributed by atoms with Crippen LogP contribution in [-0.4, -0.2) is 20.7 Å². The normalized spacial score (nSPS) is 12.5. The fourth-order valence-electron chi connectivity index (χ4n) is 1.57. The molecule has 1 atom stereocenters. The third-order valence-corrected chi connectivity index (χ3v) is 2.21. The van der Waals surface area contributed by atoms with Gasteiger partial charge in [0.25, 0.3) is 5.91 Å². The van der Waals surface area contributed by atoms with Gasteiger partial charge in [-0.2, -0.15) is 5.10 Å². The summed E-state index contributed by atoms with van der Waals surface area (Å²) >= 11 is 0. The molecule has 0 spiro atoms.